The maximum absolute atomic E-state index is 7.80. The summed E-state index contributed by atoms with van der Waals surface area (Å²) in [6.45, 7) is 41.4. The molecule has 11 rings (SSSR count). The molecule has 0 atom stereocenters. The number of aryl methyl sites for hydroxylation is 3. The summed E-state index contributed by atoms with van der Waals surface area (Å²) in [6.07, 6.45) is 15.8. The Balaban J connectivity index is 1.29. The molecule has 4 heteroatoms. The third-order valence-electron chi connectivity index (χ3n) is 19.9. The van der Waals surface area contributed by atoms with Gasteiger partial charge in [0.15, 0.2) is 0 Å². The Hall–Kier alpha value is -4.70. The quantitative estimate of drug-likeness (QED) is 0.142. The molecule has 1 fully saturated rings. The molecule has 0 unspecified atom stereocenters. The van der Waals surface area contributed by atoms with Crippen LogP contribution in [0.4, 0.5) is 34.1 Å². The fourth-order valence-corrected chi connectivity index (χ4v) is 14.8. The van der Waals surface area contributed by atoms with Gasteiger partial charge in [-0.25, -0.2) is 0 Å². The standard InChI is InChI=1S/C69H89BN2O/c1-18-20-28-65(8,9)49-33-42(3)56(35-44(49)19-2)71-55-27-26-47(64(5,6)7)38-54(55)70-61-58(71)36-46(45-24-22-21-23-25-45)37-59(61)72(57-40-52-50(34-43(57)4)66(10,11)29-31-68(52,14)15)62-48-39-51-53(41-60(48)73-63(62)70)69(16,17)32-30-67(51,12)13/h26-27,33-41,45H,18-25,28-32H2,1-17H3. The van der Waals surface area contributed by atoms with Gasteiger partial charge in [0.1, 0.15) is 5.58 Å². The van der Waals surface area contributed by atoms with Crippen LogP contribution in [0.25, 0.3) is 11.0 Å². The highest BCUT2D eigenvalue weighted by Gasteiger charge is 2.50. The summed E-state index contributed by atoms with van der Waals surface area (Å²) in [6, 6.07) is 28.4. The molecule has 5 aliphatic rings. The molecular weight excluding hydrogens is 884 g/mol. The Bertz CT molecular complexity index is 3190. The second kappa shape index (κ2) is 17.2. The number of unbranched alkanes of at least 4 members (excludes halogenated alkanes) is 1. The van der Waals surface area contributed by atoms with Gasteiger partial charge in [-0.2, -0.15) is 0 Å². The van der Waals surface area contributed by atoms with E-state index in [0.717, 1.165) is 17.7 Å². The molecule has 0 N–H and O–H groups in total. The van der Waals surface area contributed by atoms with Crippen LogP contribution >= 0.6 is 0 Å². The number of anilines is 6. The van der Waals surface area contributed by atoms with Gasteiger partial charge in [0, 0.05) is 33.8 Å². The van der Waals surface area contributed by atoms with Gasteiger partial charge in [-0.15, -0.1) is 0 Å². The lowest BCUT2D eigenvalue weighted by Crippen LogP contribution is -2.61. The lowest BCUT2D eigenvalue weighted by atomic mass is 9.35. The van der Waals surface area contributed by atoms with E-state index in [4.69, 9.17) is 4.42 Å². The smallest absolute Gasteiger partial charge is 0.297 e. The molecule has 1 aromatic heterocycles. The van der Waals surface area contributed by atoms with E-state index in [2.05, 4.69) is 194 Å². The summed E-state index contributed by atoms with van der Waals surface area (Å²) < 4.78 is 7.80. The second-order valence-electron chi connectivity index (χ2n) is 28.5. The molecule has 384 valence electrons. The monoisotopic (exact) mass is 973 g/mol. The highest BCUT2D eigenvalue weighted by atomic mass is 16.3. The summed E-state index contributed by atoms with van der Waals surface area (Å²) >= 11 is 0. The van der Waals surface area contributed by atoms with Gasteiger partial charge < -0.3 is 14.2 Å². The molecule has 0 spiro atoms. The van der Waals surface area contributed by atoms with Crippen molar-refractivity contribution < 1.29 is 4.42 Å². The molecule has 6 aromatic rings. The first-order valence-electron chi connectivity index (χ1n) is 29.1. The van der Waals surface area contributed by atoms with Crippen molar-refractivity contribution in [3.63, 3.8) is 0 Å². The summed E-state index contributed by atoms with van der Waals surface area (Å²) in [7, 11) is 0. The molecule has 73 heavy (non-hydrogen) atoms. The Morgan fingerprint density at radius 3 is 1.77 bits per heavy atom. The number of furan rings is 1. The molecule has 3 heterocycles. The van der Waals surface area contributed by atoms with Crippen molar-refractivity contribution in [3.8, 4) is 0 Å². The normalized spacial score (nSPS) is 19.6. The zero-order chi connectivity index (χ0) is 52.1. The average Bonchev–Trinajstić information content (AvgIpc) is 3.71. The third-order valence-corrected chi connectivity index (χ3v) is 19.9. The van der Waals surface area contributed by atoms with Crippen LogP contribution in [0.1, 0.15) is 242 Å². The van der Waals surface area contributed by atoms with Crippen molar-refractivity contribution in [2.45, 2.75) is 240 Å². The molecule has 5 aromatic carbocycles. The number of hydrogen-bond acceptors (Lipinski definition) is 3. The molecule has 0 saturated heterocycles. The fourth-order valence-electron chi connectivity index (χ4n) is 14.8. The third kappa shape index (κ3) is 8.01. The summed E-state index contributed by atoms with van der Waals surface area (Å²) in [5.41, 5.74) is 27.5. The second-order valence-corrected chi connectivity index (χ2v) is 28.5. The van der Waals surface area contributed by atoms with Gasteiger partial charge in [-0.1, -0.05) is 160 Å². The Morgan fingerprint density at radius 1 is 0.603 bits per heavy atom. The van der Waals surface area contributed by atoms with Gasteiger partial charge in [0.2, 0.25) is 0 Å². The van der Waals surface area contributed by atoms with Crippen LogP contribution < -0.4 is 26.4 Å². The van der Waals surface area contributed by atoms with E-state index in [1.807, 2.05) is 0 Å². The minimum Gasteiger partial charge on any atom is -0.468 e. The predicted molar refractivity (Wildman–Crippen MR) is 317 cm³/mol. The lowest BCUT2D eigenvalue weighted by molar-refractivity contribution is 0.332. The number of rotatable bonds is 8. The predicted octanol–water partition coefficient (Wildman–Crippen LogP) is 18.2. The van der Waals surface area contributed by atoms with Crippen molar-refractivity contribution in [1.29, 1.82) is 0 Å². The van der Waals surface area contributed by atoms with E-state index in [-0.39, 0.29) is 39.2 Å². The molecule has 0 bridgehead atoms. The average molecular weight is 973 g/mol. The maximum atomic E-state index is 7.80. The van der Waals surface area contributed by atoms with Crippen molar-refractivity contribution in [2.75, 3.05) is 9.80 Å². The largest absolute Gasteiger partial charge is 0.468 e. The van der Waals surface area contributed by atoms with Gasteiger partial charge in [0.25, 0.3) is 6.71 Å². The van der Waals surface area contributed by atoms with E-state index >= 15 is 0 Å². The number of fused-ring (bicyclic) bond motifs is 8. The Kier molecular flexibility index (Phi) is 11.9. The molecule has 2 aliphatic heterocycles. The highest BCUT2D eigenvalue weighted by molar-refractivity contribution is 7.00. The maximum Gasteiger partial charge on any atom is 0.297 e. The van der Waals surface area contributed by atoms with Crippen molar-refractivity contribution >= 4 is 68.4 Å². The van der Waals surface area contributed by atoms with Crippen LogP contribution in [-0.4, -0.2) is 6.71 Å². The molecular formula is C69H89BN2O. The Labute approximate surface area is 442 Å². The van der Waals surface area contributed by atoms with Crippen LogP contribution in [0.3, 0.4) is 0 Å². The van der Waals surface area contributed by atoms with E-state index < -0.39 is 0 Å². The minimum atomic E-state index is -0.0952. The summed E-state index contributed by atoms with van der Waals surface area (Å²) in [5.74, 6) is 0.512. The van der Waals surface area contributed by atoms with Gasteiger partial charge in [0.05, 0.1) is 11.3 Å². The van der Waals surface area contributed by atoms with Gasteiger partial charge >= 0.3 is 0 Å². The number of hydrogen-bond donors (Lipinski definition) is 0. The zero-order valence-electron chi connectivity index (χ0n) is 48.5. The summed E-state index contributed by atoms with van der Waals surface area (Å²) in [5, 5.41) is 1.26. The van der Waals surface area contributed by atoms with Crippen molar-refractivity contribution in [3.05, 3.63) is 122 Å². The van der Waals surface area contributed by atoms with Crippen LogP contribution in [0.15, 0.2) is 71.1 Å². The minimum absolute atomic E-state index is 0.0424. The molecule has 0 amide bonds. The topological polar surface area (TPSA) is 19.6 Å². The van der Waals surface area contributed by atoms with E-state index in [1.165, 1.54) is 183 Å². The van der Waals surface area contributed by atoms with E-state index in [1.54, 1.807) is 0 Å². The molecule has 3 nitrogen and oxygen atoms in total. The fraction of sp³-hybridized carbons (Fsp3) is 0.536. The van der Waals surface area contributed by atoms with Crippen LogP contribution in [0.5, 0.6) is 0 Å². The molecule has 0 radical (unpaired) electrons. The first-order chi connectivity index (χ1) is 34.3. The molecule has 1 saturated carbocycles. The van der Waals surface area contributed by atoms with E-state index in [0.29, 0.717) is 5.92 Å². The van der Waals surface area contributed by atoms with Gasteiger partial charge in [-0.05, 0) is 213 Å². The van der Waals surface area contributed by atoms with Crippen LogP contribution in [-0.2, 0) is 38.9 Å². The number of nitrogens with zero attached hydrogens (tertiary/aromatic N) is 2. The molecule has 3 aliphatic carbocycles. The summed E-state index contributed by atoms with van der Waals surface area (Å²) in [4.78, 5) is 5.51. The number of benzene rings is 5. The van der Waals surface area contributed by atoms with Gasteiger partial charge in [-0.3, -0.25) is 0 Å². The first kappa shape index (κ1) is 50.5. The van der Waals surface area contributed by atoms with E-state index in [9.17, 15) is 0 Å². The van der Waals surface area contributed by atoms with Crippen molar-refractivity contribution in [2.24, 2.45) is 0 Å². The SMILES string of the molecule is CCCCC(C)(C)c1cc(C)c(N2c3ccc(C(C)(C)C)cc3B3c4oc5cc6c(cc5c4N(c4cc5c(cc4C)C(C)(C)CCC5(C)C)c4cc(C5CCCCC5)cc2c43)C(C)(C)CCC6(C)C)cc1CC. The zero-order valence-corrected chi connectivity index (χ0v) is 48.5. The highest BCUT2D eigenvalue weighted by Crippen LogP contribution is 2.55. The van der Waals surface area contributed by atoms with Crippen LogP contribution in [0, 0.1) is 13.8 Å². The van der Waals surface area contributed by atoms with Crippen LogP contribution in [0.2, 0.25) is 0 Å². The first-order valence-corrected chi connectivity index (χ1v) is 29.1. The lowest BCUT2D eigenvalue weighted by Gasteiger charge is -2.46. The Morgan fingerprint density at radius 2 is 1.16 bits per heavy atom. The van der Waals surface area contributed by atoms with Crippen molar-refractivity contribution in [1.82, 2.24) is 0 Å².